The molecule has 0 aromatic heterocycles. The van der Waals surface area contributed by atoms with E-state index in [1.54, 1.807) is 18.2 Å². The van der Waals surface area contributed by atoms with Gasteiger partial charge in [0.2, 0.25) is 11.6 Å². The van der Waals surface area contributed by atoms with E-state index in [1.165, 1.54) is 17.7 Å². The molecule has 0 radical (unpaired) electrons. The van der Waals surface area contributed by atoms with Crippen LogP contribution in [0.25, 0.3) is 0 Å². The van der Waals surface area contributed by atoms with Crippen molar-refractivity contribution in [2.24, 2.45) is 5.73 Å². The first-order valence-corrected chi connectivity index (χ1v) is 15.9. The summed E-state index contributed by atoms with van der Waals surface area (Å²) in [4.78, 5) is 21.1. The van der Waals surface area contributed by atoms with Crippen LogP contribution in [-0.4, -0.2) is 9.85 Å². The molecule has 6 aromatic rings. The Morgan fingerprint density at radius 2 is 0.941 bits per heavy atom. The molecule has 0 fully saturated rings. The minimum absolute atomic E-state index is 0.0469. The van der Waals surface area contributed by atoms with Crippen LogP contribution in [0.1, 0.15) is 22.3 Å². The summed E-state index contributed by atoms with van der Waals surface area (Å²) < 4.78 is 24.3. The van der Waals surface area contributed by atoms with E-state index in [0.717, 1.165) is 22.8 Å². The first kappa shape index (κ1) is 37.2. The molecule has 0 unspecified atom stereocenters. The smallest absolute Gasteiger partial charge is 0.346 e. The van der Waals surface area contributed by atoms with Gasteiger partial charge in [0.25, 0.3) is 0 Å². The zero-order valence-electron chi connectivity index (χ0n) is 27.6. The lowest BCUT2D eigenvalue weighted by Gasteiger charge is -2.11. The monoisotopic (exact) mass is 688 g/mol. The predicted molar refractivity (Wildman–Crippen MR) is 196 cm³/mol. The second-order valence-corrected chi connectivity index (χ2v) is 10.8. The third-order valence-electron chi connectivity index (χ3n) is 7.19. The van der Waals surface area contributed by atoms with Crippen LogP contribution < -0.4 is 20.5 Å². The number of nitro benzene ring substituents is 2. The standard InChI is InChI=1S/C20H18N2O3.C13H10FNO3.C7H9N/c23-22(24)20-18(21-14-16-8-3-1-4-9-16)12-7-13-19(20)25-15-17-10-5-2-6-11-17;14-11-7-4-8-12(13(11)15(16)17)18-9-10-5-2-1-3-6-10;8-6-7-4-2-1-3-5-7/h1-13,21H,14-15H2;1-8H,9H2;1-5H,6,8H2. The third kappa shape index (κ3) is 12.1. The van der Waals surface area contributed by atoms with E-state index in [9.17, 15) is 24.6 Å². The van der Waals surface area contributed by atoms with Gasteiger partial charge in [0.05, 0.1) is 9.85 Å². The Balaban J connectivity index is 0.000000194. The van der Waals surface area contributed by atoms with E-state index >= 15 is 0 Å². The number of benzene rings is 6. The van der Waals surface area contributed by atoms with Crippen LogP contribution in [0, 0.1) is 26.0 Å². The lowest BCUT2D eigenvalue weighted by atomic mass is 10.2. The molecule has 0 amide bonds. The fraction of sp³-hybridized carbons (Fsp3) is 0.100. The quantitative estimate of drug-likeness (QED) is 0.0957. The summed E-state index contributed by atoms with van der Waals surface area (Å²) in [6, 6.07) is 47.3. The SMILES string of the molecule is NCc1ccccc1.O=[N+]([O-])c1c(F)cccc1OCc1ccccc1.O=[N+]([O-])c1c(NCc2ccccc2)cccc1OCc1ccccc1. The molecule has 260 valence electrons. The maximum atomic E-state index is 13.3. The average Bonchev–Trinajstić information content (AvgIpc) is 3.17. The molecule has 0 saturated heterocycles. The van der Waals surface area contributed by atoms with Crippen LogP contribution in [0.5, 0.6) is 11.5 Å². The van der Waals surface area contributed by atoms with Crippen LogP contribution in [0.2, 0.25) is 0 Å². The van der Waals surface area contributed by atoms with Gasteiger partial charge in [-0.05, 0) is 46.5 Å². The highest BCUT2D eigenvalue weighted by Crippen LogP contribution is 2.35. The van der Waals surface area contributed by atoms with Gasteiger partial charge in [-0.1, -0.05) is 133 Å². The molecule has 0 atom stereocenters. The van der Waals surface area contributed by atoms with E-state index < -0.39 is 21.4 Å². The highest BCUT2D eigenvalue weighted by Gasteiger charge is 2.22. The Kier molecular flexibility index (Phi) is 14.6. The van der Waals surface area contributed by atoms with Crippen molar-refractivity contribution < 1.29 is 23.7 Å². The fourth-order valence-electron chi connectivity index (χ4n) is 4.64. The van der Waals surface area contributed by atoms with Gasteiger partial charge in [0.15, 0.2) is 5.75 Å². The van der Waals surface area contributed by atoms with Gasteiger partial charge in [-0.2, -0.15) is 4.39 Å². The first-order chi connectivity index (χ1) is 24.9. The van der Waals surface area contributed by atoms with Crippen molar-refractivity contribution >= 4 is 17.1 Å². The van der Waals surface area contributed by atoms with Crippen molar-refractivity contribution in [3.8, 4) is 11.5 Å². The molecule has 3 N–H and O–H groups in total. The van der Waals surface area contributed by atoms with Crippen LogP contribution in [0.4, 0.5) is 21.5 Å². The molecule has 6 aromatic carbocycles. The zero-order valence-corrected chi connectivity index (χ0v) is 27.6. The second kappa shape index (κ2) is 20.0. The Hall–Kier alpha value is -6.59. The summed E-state index contributed by atoms with van der Waals surface area (Å²) in [5.74, 6) is -0.707. The van der Waals surface area contributed by atoms with Crippen molar-refractivity contribution in [1.29, 1.82) is 0 Å². The number of rotatable bonds is 12. The topological polar surface area (TPSA) is 143 Å². The van der Waals surface area contributed by atoms with Gasteiger partial charge in [-0.25, -0.2) is 0 Å². The van der Waals surface area contributed by atoms with Crippen molar-refractivity contribution in [2.75, 3.05) is 5.32 Å². The number of hydrogen-bond acceptors (Lipinski definition) is 8. The summed E-state index contributed by atoms with van der Waals surface area (Å²) in [5.41, 5.74) is 9.17. The predicted octanol–water partition coefficient (Wildman–Crippen LogP) is 9.24. The molecule has 0 aliphatic carbocycles. The molecule has 51 heavy (non-hydrogen) atoms. The number of para-hydroxylation sites is 2. The lowest BCUT2D eigenvalue weighted by molar-refractivity contribution is -0.388. The van der Waals surface area contributed by atoms with Gasteiger partial charge in [0, 0.05) is 13.1 Å². The normalized spacial score (nSPS) is 10.0. The molecule has 0 bridgehead atoms. The minimum atomic E-state index is -0.898. The molecule has 0 heterocycles. The van der Waals surface area contributed by atoms with Crippen LogP contribution in [-0.2, 0) is 26.3 Å². The number of hydrogen-bond donors (Lipinski definition) is 2. The van der Waals surface area contributed by atoms with Gasteiger partial charge in [-0.3, -0.25) is 20.2 Å². The first-order valence-electron chi connectivity index (χ1n) is 15.9. The summed E-state index contributed by atoms with van der Waals surface area (Å²) in [6.07, 6.45) is 0. The molecule has 0 saturated carbocycles. The van der Waals surface area contributed by atoms with E-state index in [4.69, 9.17) is 15.2 Å². The number of nitrogens with two attached hydrogens (primary N) is 1. The van der Waals surface area contributed by atoms with Crippen molar-refractivity contribution in [3.63, 3.8) is 0 Å². The van der Waals surface area contributed by atoms with Gasteiger partial charge >= 0.3 is 11.4 Å². The molecule has 11 heteroatoms. The summed E-state index contributed by atoms with van der Waals surface area (Å²) >= 11 is 0. The summed E-state index contributed by atoms with van der Waals surface area (Å²) in [7, 11) is 0. The second-order valence-electron chi connectivity index (χ2n) is 10.8. The maximum absolute atomic E-state index is 13.3. The largest absolute Gasteiger partial charge is 0.482 e. The van der Waals surface area contributed by atoms with Crippen molar-refractivity contribution in [2.45, 2.75) is 26.3 Å². The summed E-state index contributed by atoms with van der Waals surface area (Å²) in [6.45, 7) is 1.58. The number of ether oxygens (including phenoxy) is 2. The van der Waals surface area contributed by atoms with Gasteiger partial charge < -0.3 is 20.5 Å². The number of nitrogens with zero attached hydrogens (tertiary/aromatic N) is 2. The molecular weight excluding hydrogens is 651 g/mol. The molecule has 10 nitrogen and oxygen atoms in total. The molecule has 0 aliphatic rings. The average molecular weight is 689 g/mol. The molecular formula is C40H37FN4O6. The Morgan fingerprint density at radius 1 is 0.529 bits per heavy atom. The van der Waals surface area contributed by atoms with Crippen LogP contribution in [0.15, 0.2) is 158 Å². The number of halogens is 1. The maximum Gasteiger partial charge on any atom is 0.346 e. The number of nitrogens with one attached hydrogen (secondary N) is 1. The molecule has 0 spiro atoms. The lowest BCUT2D eigenvalue weighted by Crippen LogP contribution is -2.05. The van der Waals surface area contributed by atoms with E-state index in [0.29, 0.717) is 18.8 Å². The number of anilines is 1. The fourth-order valence-corrected chi connectivity index (χ4v) is 4.64. The van der Waals surface area contributed by atoms with Crippen molar-refractivity contribution in [1.82, 2.24) is 0 Å². The van der Waals surface area contributed by atoms with E-state index in [1.807, 2.05) is 121 Å². The molecule has 0 aliphatic heterocycles. The van der Waals surface area contributed by atoms with Crippen molar-refractivity contribution in [3.05, 3.63) is 206 Å². The Bertz CT molecular complexity index is 1890. The summed E-state index contributed by atoms with van der Waals surface area (Å²) in [5, 5.41) is 25.4. The zero-order chi connectivity index (χ0) is 36.3. The number of nitro groups is 2. The van der Waals surface area contributed by atoms with Gasteiger partial charge in [0.1, 0.15) is 18.9 Å². The van der Waals surface area contributed by atoms with Crippen LogP contribution in [0.3, 0.4) is 0 Å². The van der Waals surface area contributed by atoms with Gasteiger partial charge in [-0.15, -0.1) is 0 Å². The Labute approximate surface area is 295 Å². The molecule has 6 rings (SSSR count). The van der Waals surface area contributed by atoms with E-state index in [-0.39, 0.29) is 30.4 Å². The Morgan fingerprint density at radius 3 is 1.37 bits per heavy atom. The van der Waals surface area contributed by atoms with E-state index in [2.05, 4.69) is 5.32 Å². The highest BCUT2D eigenvalue weighted by molar-refractivity contribution is 5.68. The highest BCUT2D eigenvalue weighted by atomic mass is 19.1. The third-order valence-corrected chi connectivity index (χ3v) is 7.19. The van der Waals surface area contributed by atoms with Crippen LogP contribution >= 0.6 is 0 Å². The minimum Gasteiger partial charge on any atom is -0.482 e.